The van der Waals surface area contributed by atoms with E-state index in [9.17, 15) is 0 Å². The molecule has 2 nitrogen and oxygen atoms in total. The van der Waals surface area contributed by atoms with Crippen molar-refractivity contribution in [2.45, 2.75) is 39.0 Å². The van der Waals surface area contributed by atoms with Gasteiger partial charge < -0.3 is 10.1 Å². The molecule has 0 radical (unpaired) electrons. The molecule has 110 valence electrons. The Hall–Kier alpha value is -1.51. The van der Waals surface area contributed by atoms with Crippen LogP contribution < -0.4 is 10.1 Å². The van der Waals surface area contributed by atoms with Crippen LogP contribution in [-0.4, -0.2) is 6.04 Å². The average molecular weight is 302 g/mol. The lowest BCUT2D eigenvalue weighted by molar-refractivity contribution is 0.302. The minimum atomic E-state index is 0.542. The lowest BCUT2D eigenvalue weighted by Crippen LogP contribution is -2.16. The Morgan fingerprint density at radius 3 is 2.81 bits per heavy atom. The smallest absolute Gasteiger partial charge is 0.124 e. The van der Waals surface area contributed by atoms with Gasteiger partial charge in [-0.2, -0.15) is 0 Å². The quantitative estimate of drug-likeness (QED) is 0.849. The minimum absolute atomic E-state index is 0.542. The van der Waals surface area contributed by atoms with E-state index < -0.39 is 0 Å². The number of hydrogen-bond donors (Lipinski definition) is 1. The number of nitrogens with one attached hydrogen (secondary N) is 1. The topological polar surface area (TPSA) is 21.3 Å². The van der Waals surface area contributed by atoms with Crippen LogP contribution in [0.5, 0.6) is 5.75 Å². The first-order valence-electron chi connectivity index (χ1n) is 7.41. The van der Waals surface area contributed by atoms with Crippen LogP contribution in [0.2, 0.25) is 5.02 Å². The van der Waals surface area contributed by atoms with Gasteiger partial charge in [-0.1, -0.05) is 41.4 Å². The summed E-state index contributed by atoms with van der Waals surface area (Å²) in [6.45, 7) is 3.53. The Kier molecular flexibility index (Phi) is 4.47. The largest absolute Gasteiger partial charge is 0.489 e. The van der Waals surface area contributed by atoms with E-state index in [1.807, 2.05) is 24.3 Å². The van der Waals surface area contributed by atoms with Gasteiger partial charge in [0.25, 0.3) is 0 Å². The standard InChI is InChI=1S/C18H20ClNO/c1-13-5-8-18(15(9-13)11-20-17-6-7-17)21-12-14-3-2-4-16(19)10-14/h2-5,8-10,17,20H,6-7,11-12H2,1H3. The van der Waals surface area contributed by atoms with E-state index in [4.69, 9.17) is 16.3 Å². The normalized spacial score (nSPS) is 14.2. The SMILES string of the molecule is Cc1ccc(OCc2cccc(Cl)c2)c(CNC2CC2)c1. The first-order chi connectivity index (χ1) is 10.2. The van der Waals surface area contributed by atoms with Crippen molar-refractivity contribution < 1.29 is 4.74 Å². The highest BCUT2D eigenvalue weighted by molar-refractivity contribution is 6.30. The minimum Gasteiger partial charge on any atom is -0.489 e. The lowest BCUT2D eigenvalue weighted by Gasteiger charge is -2.13. The molecule has 0 heterocycles. The molecular weight excluding hydrogens is 282 g/mol. The van der Waals surface area contributed by atoms with Crippen molar-refractivity contribution >= 4 is 11.6 Å². The number of ether oxygens (including phenoxy) is 1. The average Bonchev–Trinajstić information content (AvgIpc) is 3.28. The Balaban J connectivity index is 1.68. The van der Waals surface area contributed by atoms with E-state index >= 15 is 0 Å². The second-order valence-corrected chi connectivity index (χ2v) is 6.12. The van der Waals surface area contributed by atoms with Crippen LogP contribution in [0.25, 0.3) is 0 Å². The van der Waals surface area contributed by atoms with Crippen LogP contribution in [0.1, 0.15) is 29.5 Å². The third kappa shape index (κ3) is 4.23. The predicted molar refractivity (Wildman–Crippen MR) is 86.8 cm³/mol. The van der Waals surface area contributed by atoms with Gasteiger partial charge in [-0.15, -0.1) is 0 Å². The molecule has 3 heteroatoms. The summed E-state index contributed by atoms with van der Waals surface area (Å²) in [5.41, 5.74) is 3.57. The molecule has 0 saturated heterocycles. The van der Waals surface area contributed by atoms with Crippen LogP contribution >= 0.6 is 11.6 Å². The fourth-order valence-electron chi connectivity index (χ4n) is 2.32. The zero-order valence-electron chi connectivity index (χ0n) is 12.2. The summed E-state index contributed by atoms with van der Waals surface area (Å²) in [6, 6.07) is 14.8. The van der Waals surface area contributed by atoms with Crippen molar-refractivity contribution in [2.75, 3.05) is 0 Å². The summed E-state index contributed by atoms with van der Waals surface area (Å²) >= 11 is 6.00. The van der Waals surface area contributed by atoms with Crippen molar-refractivity contribution in [1.82, 2.24) is 5.32 Å². The molecule has 0 bridgehead atoms. The zero-order valence-corrected chi connectivity index (χ0v) is 13.0. The van der Waals surface area contributed by atoms with E-state index in [2.05, 4.69) is 30.4 Å². The van der Waals surface area contributed by atoms with Crippen LogP contribution in [-0.2, 0) is 13.2 Å². The molecule has 1 aliphatic carbocycles. The van der Waals surface area contributed by atoms with Crippen LogP contribution in [0.3, 0.4) is 0 Å². The van der Waals surface area contributed by atoms with Crippen molar-refractivity contribution in [3.8, 4) is 5.75 Å². The molecule has 0 aliphatic heterocycles. The molecule has 3 rings (SSSR count). The molecule has 21 heavy (non-hydrogen) atoms. The van der Waals surface area contributed by atoms with E-state index in [0.29, 0.717) is 12.6 Å². The van der Waals surface area contributed by atoms with Gasteiger partial charge in [-0.05, 0) is 43.5 Å². The summed E-state index contributed by atoms with van der Waals surface area (Å²) in [5, 5.41) is 4.29. The summed E-state index contributed by atoms with van der Waals surface area (Å²) in [4.78, 5) is 0. The van der Waals surface area contributed by atoms with E-state index in [1.54, 1.807) is 0 Å². The molecule has 0 spiro atoms. The Bertz CT molecular complexity index is 622. The molecule has 0 atom stereocenters. The Labute approximate surface area is 131 Å². The van der Waals surface area contributed by atoms with Gasteiger partial charge in [0, 0.05) is 23.2 Å². The maximum Gasteiger partial charge on any atom is 0.124 e. The van der Waals surface area contributed by atoms with Gasteiger partial charge in [0.2, 0.25) is 0 Å². The van der Waals surface area contributed by atoms with Gasteiger partial charge in [-0.3, -0.25) is 0 Å². The first kappa shape index (κ1) is 14.4. The van der Waals surface area contributed by atoms with Crippen LogP contribution in [0.15, 0.2) is 42.5 Å². The van der Waals surface area contributed by atoms with Crippen molar-refractivity contribution in [3.05, 3.63) is 64.2 Å². The Morgan fingerprint density at radius 2 is 2.05 bits per heavy atom. The van der Waals surface area contributed by atoms with Crippen molar-refractivity contribution in [3.63, 3.8) is 0 Å². The predicted octanol–water partition coefficient (Wildman–Crippen LogP) is 4.48. The Morgan fingerprint density at radius 1 is 1.19 bits per heavy atom. The van der Waals surface area contributed by atoms with Gasteiger partial charge >= 0.3 is 0 Å². The lowest BCUT2D eigenvalue weighted by atomic mass is 10.1. The molecule has 2 aromatic rings. The summed E-state index contributed by atoms with van der Waals surface area (Å²) in [7, 11) is 0. The van der Waals surface area contributed by atoms with Crippen LogP contribution in [0.4, 0.5) is 0 Å². The van der Waals surface area contributed by atoms with Gasteiger partial charge in [-0.25, -0.2) is 0 Å². The second-order valence-electron chi connectivity index (χ2n) is 5.68. The summed E-state index contributed by atoms with van der Waals surface area (Å²) in [6.07, 6.45) is 2.59. The fraction of sp³-hybridized carbons (Fsp3) is 0.333. The number of benzene rings is 2. The maximum absolute atomic E-state index is 6.00. The third-order valence-corrected chi connectivity index (χ3v) is 3.89. The molecule has 0 aromatic heterocycles. The second kappa shape index (κ2) is 6.50. The number of hydrogen-bond acceptors (Lipinski definition) is 2. The molecule has 1 fully saturated rings. The molecule has 1 aliphatic rings. The number of aryl methyl sites for hydroxylation is 1. The molecule has 1 saturated carbocycles. The highest BCUT2D eigenvalue weighted by Gasteiger charge is 2.20. The maximum atomic E-state index is 6.00. The molecule has 0 amide bonds. The highest BCUT2D eigenvalue weighted by atomic mass is 35.5. The first-order valence-corrected chi connectivity index (χ1v) is 7.78. The summed E-state index contributed by atoms with van der Waals surface area (Å²) < 4.78 is 5.99. The number of rotatable bonds is 6. The zero-order chi connectivity index (χ0) is 14.7. The molecular formula is C18H20ClNO. The molecule has 0 unspecified atom stereocenters. The van der Waals surface area contributed by atoms with Crippen LogP contribution in [0, 0.1) is 6.92 Å². The van der Waals surface area contributed by atoms with Gasteiger partial charge in [0.15, 0.2) is 0 Å². The number of halogens is 1. The highest BCUT2D eigenvalue weighted by Crippen LogP contribution is 2.24. The molecule has 1 N–H and O–H groups in total. The van der Waals surface area contributed by atoms with Crippen molar-refractivity contribution in [1.29, 1.82) is 0 Å². The van der Waals surface area contributed by atoms with E-state index in [1.165, 1.54) is 24.0 Å². The van der Waals surface area contributed by atoms with E-state index in [0.717, 1.165) is 22.9 Å². The van der Waals surface area contributed by atoms with Gasteiger partial charge in [0.1, 0.15) is 12.4 Å². The third-order valence-electron chi connectivity index (χ3n) is 3.66. The summed E-state index contributed by atoms with van der Waals surface area (Å²) in [5.74, 6) is 0.953. The van der Waals surface area contributed by atoms with Gasteiger partial charge in [0.05, 0.1) is 0 Å². The molecule has 2 aromatic carbocycles. The van der Waals surface area contributed by atoms with E-state index in [-0.39, 0.29) is 0 Å². The van der Waals surface area contributed by atoms with Crippen molar-refractivity contribution in [2.24, 2.45) is 0 Å². The monoisotopic (exact) mass is 301 g/mol. The fourth-order valence-corrected chi connectivity index (χ4v) is 2.53.